The first-order chi connectivity index (χ1) is 12.9. The van der Waals surface area contributed by atoms with Crippen molar-refractivity contribution in [3.05, 3.63) is 0 Å². The van der Waals surface area contributed by atoms with Crippen LogP contribution in [0.3, 0.4) is 0 Å². The lowest BCUT2D eigenvalue weighted by atomic mass is 9.93. The van der Waals surface area contributed by atoms with Gasteiger partial charge in [0.2, 0.25) is 11.8 Å². The quantitative estimate of drug-likeness (QED) is 0.312. The van der Waals surface area contributed by atoms with E-state index in [4.69, 9.17) is 4.99 Å². The topological polar surface area (TPSA) is 80.3 Å². The molecule has 0 aromatic rings. The summed E-state index contributed by atoms with van der Waals surface area (Å²) in [6.07, 6.45) is 2.27. The van der Waals surface area contributed by atoms with Crippen LogP contribution in [0.25, 0.3) is 0 Å². The number of carbonyl (C=O) groups excluding carboxylic acids is 2. The summed E-state index contributed by atoms with van der Waals surface area (Å²) in [7, 11) is 1.65. The average molecular weight is 508 g/mol. The van der Waals surface area contributed by atoms with Gasteiger partial charge in [0.05, 0.1) is 18.5 Å². The smallest absolute Gasteiger partial charge is 0.236 e. The maximum absolute atomic E-state index is 12.3. The summed E-state index contributed by atoms with van der Waals surface area (Å²) >= 11 is 0. The molecule has 2 heterocycles. The normalized spacial score (nSPS) is 18.6. The third-order valence-electron chi connectivity index (χ3n) is 5.29. The second-order valence-corrected chi connectivity index (χ2v) is 7.98. The van der Waals surface area contributed by atoms with Gasteiger partial charge in [0.15, 0.2) is 5.96 Å². The first-order valence-electron chi connectivity index (χ1n) is 10.1. The molecule has 2 fully saturated rings. The Hall–Kier alpha value is -1.10. The fraction of sp³-hybridized carbons (Fsp3) is 0.842. The molecule has 2 N–H and O–H groups in total. The molecule has 0 unspecified atom stereocenters. The Morgan fingerprint density at radius 3 is 2.14 bits per heavy atom. The summed E-state index contributed by atoms with van der Waals surface area (Å²) in [6.45, 7) is 12.8. The largest absolute Gasteiger partial charge is 0.359 e. The SMILES string of the molecule is CCNC(=NCC(C)(C)C(=O)NC)N1CCN(CC(=O)N2CCCC2)CC1.I. The molecule has 9 heteroatoms. The molecule has 0 aliphatic carbocycles. The Balaban J connectivity index is 0.00000392. The van der Waals surface area contributed by atoms with Gasteiger partial charge in [-0.25, -0.2) is 0 Å². The van der Waals surface area contributed by atoms with E-state index >= 15 is 0 Å². The molecule has 8 nitrogen and oxygen atoms in total. The molecule has 28 heavy (non-hydrogen) atoms. The average Bonchev–Trinajstić information content (AvgIpc) is 3.20. The summed E-state index contributed by atoms with van der Waals surface area (Å²) in [5.41, 5.74) is -0.542. The number of hydrogen-bond donors (Lipinski definition) is 2. The van der Waals surface area contributed by atoms with Gasteiger partial charge in [0, 0.05) is 52.9 Å². The first kappa shape index (κ1) is 24.9. The van der Waals surface area contributed by atoms with Gasteiger partial charge in [-0.1, -0.05) is 0 Å². The number of guanidine groups is 1. The van der Waals surface area contributed by atoms with Crippen molar-refractivity contribution in [1.29, 1.82) is 0 Å². The van der Waals surface area contributed by atoms with Gasteiger partial charge >= 0.3 is 0 Å². The molecule has 2 amide bonds. The van der Waals surface area contributed by atoms with Gasteiger partial charge < -0.3 is 20.4 Å². The van der Waals surface area contributed by atoms with Crippen LogP contribution in [0.4, 0.5) is 0 Å². The van der Waals surface area contributed by atoms with Gasteiger partial charge in [-0.2, -0.15) is 0 Å². The van der Waals surface area contributed by atoms with Gasteiger partial charge in [-0.15, -0.1) is 24.0 Å². The van der Waals surface area contributed by atoms with Crippen LogP contribution in [0.1, 0.15) is 33.6 Å². The molecule has 0 atom stereocenters. The lowest BCUT2D eigenvalue weighted by Crippen LogP contribution is -2.54. The van der Waals surface area contributed by atoms with Crippen LogP contribution in [0.5, 0.6) is 0 Å². The van der Waals surface area contributed by atoms with E-state index in [9.17, 15) is 9.59 Å². The Morgan fingerprint density at radius 1 is 1.00 bits per heavy atom. The van der Waals surface area contributed by atoms with Crippen LogP contribution in [0, 0.1) is 5.41 Å². The summed E-state index contributed by atoms with van der Waals surface area (Å²) in [4.78, 5) is 35.5. The standard InChI is InChI=1S/C19H36N6O2.HI/c1-5-21-18(22-15-19(2,3)17(27)20-4)25-12-10-23(11-13-25)14-16(26)24-8-6-7-9-24;/h5-15H2,1-4H3,(H,20,27)(H,21,22);1H. The number of piperazine rings is 1. The minimum absolute atomic E-state index is 0. The second-order valence-electron chi connectivity index (χ2n) is 7.98. The fourth-order valence-corrected chi connectivity index (χ4v) is 3.48. The van der Waals surface area contributed by atoms with E-state index in [1.165, 1.54) is 0 Å². The van der Waals surface area contributed by atoms with Crippen molar-refractivity contribution in [1.82, 2.24) is 25.3 Å². The van der Waals surface area contributed by atoms with Gasteiger partial charge in [-0.3, -0.25) is 19.5 Å². The molecular weight excluding hydrogens is 471 g/mol. The van der Waals surface area contributed by atoms with Crippen molar-refractivity contribution >= 4 is 41.8 Å². The van der Waals surface area contributed by atoms with Crippen molar-refractivity contribution in [2.24, 2.45) is 10.4 Å². The minimum Gasteiger partial charge on any atom is -0.359 e. The van der Waals surface area contributed by atoms with Gasteiger partial charge in [-0.05, 0) is 33.6 Å². The summed E-state index contributed by atoms with van der Waals surface area (Å²) < 4.78 is 0. The Bertz CT molecular complexity index is 541. The highest BCUT2D eigenvalue weighted by molar-refractivity contribution is 14.0. The van der Waals surface area contributed by atoms with Gasteiger partial charge in [0.1, 0.15) is 0 Å². The van der Waals surface area contributed by atoms with Crippen LogP contribution in [-0.4, -0.2) is 98.4 Å². The molecular formula is C19H37IN6O2. The number of rotatable bonds is 6. The summed E-state index contributed by atoms with van der Waals surface area (Å²) in [5, 5.41) is 6.04. The molecule has 0 bridgehead atoms. The van der Waals surface area contributed by atoms with E-state index in [0.717, 1.165) is 64.6 Å². The first-order valence-corrected chi connectivity index (χ1v) is 10.1. The van der Waals surface area contributed by atoms with Crippen LogP contribution >= 0.6 is 24.0 Å². The zero-order valence-electron chi connectivity index (χ0n) is 17.8. The summed E-state index contributed by atoms with van der Waals surface area (Å²) in [6, 6.07) is 0. The van der Waals surface area contributed by atoms with Crippen molar-refractivity contribution in [2.75, 3.05) is 66.0 Å². The maximum atomic E-state index is 12.3. The molecule has 2 rings (SSSR count). The number of carbonyl (C=O) groups is 2. The molecule has 2 aliphatic heterocycles. The van der Waals surface area contributed by atoms with Crippen LogP contribution < -0.4 is 10.6 Å². The van der Waals surface area contributed by atoms with Crippen LogP contribution in [-0.2, 0) is 9.59 Å². The lowest BCUT2D eigenvalue weighted by molar-refractivity contribution is -0.131. The third kappa shape index (κ3) is 7.06. The third-order valence-corrected chi connectivity index (χ3v) is 5.29. The van der Waals surface area contributed by atoms with E-state index in [1.807, 2.05) is 25.7 Å². The van der Waals surface area contributed by atoms with Gasteiger partial charge in [0.25, 0.3) is 0 Å². The number of nitrogens with zero attached hydrogens (tertiary/aromatic N) is 4. The minimum atomic E-state index is -0.542. The fourth-order valence-electron chi connectivity index (χ4n) is 3.48. The Labute approximate surface area is 186 Å². The number of amides is 2. The van der Waals surface area contributed by atoms with Crippen molar-refractivity contribution in [3.63, 3.8) is 0 Å². The number of hydrogen-bond acceptors (Lipinski definition) is 4. The highest BCUT2D eigenvalue weighted by Gasteiger charge is 2.28. The summed E-state index contributed by atoms with van der Waals surface area (Å²) in [5.74, 6) is 1.10. The molecule has 0 saturated carbocycles. The van der Waals surface area contributed by atoms with Crippen molar-refractivity contribution < 1.29 is 9.59 Å². The zero-order chi connectivity index (χ0) is 19.9. The molecule has 162 valence electrons. The van der Waals surface area contributed by atoms with Crippen molar-refractivity contribution in [3.8, 4) is 0 Å². The van der Waals surface area contributed by atoms with E-state index < -0.39 is 5.41 Å². The number of likely N-dealkylation sites (tertiary alicyclic amines) is 1. The highest BCUT2D eigenvalue weighted by atomic mass is 127. The second kappa shape index (κ2) is 11.8. The molecule has 0 aromatic heterocycles. The van der Waals surface area contributed by atoms with Crippen LogP contribution in [0.15, 0.2) is 4.99 Å². The number of nitrogens with one attached hydrogen (secondary N) is 2. The van der Waals surface area contributed by atoms with Crippen molar-refractivity contribution in [2.45, 2.75) is 33.6 Å². The van der Waals surface area contributed by atoms with E-state index in [1.54, 1.807) is 7.05 Å². The molecule has 0 radical (unpaired) electrons. The molecule has 0 spiro atoms. The molecule has 2 saturated heterocycles. The van der Waals surface area contributed by atoms with E-state index in [-0.39, 0.29) is 35.8 Å². The Morgan fingerprint density at radius 2 is 1.61 bits per heavy atom. The molecule has 0 aromatic carbocycles. The van der Waals surface area contributed by atoms with E-state index in [0.29, 0.717) is 13.1 Å². The Kier molecular flexibility index (Phi) is 10.5. The molecule has 2 aliphatic rings. The maximum Gasteiger partial charge on any atom is 0.236 e. The monoisotopic (exact) mass is 508 g/mol. The zero-order valence-corrected chi connectivity index (χ0v) is 20.1. The highest BCUT2D eigenvalue weighted by Crippen LogP contribution is 2.16. The van der Waals surface area contributed by atoms with E-state index in [2.05, 4.69) is 20.4 Å². The number of halogens is 1. The predicted molar refractivity (Wildman–Crippen MR) is 123 cm³/mol. The number of aliphatic imine (C=N–C) groups is 1. The van der Waals surface area contributed by atoms with Crippen LogP contribution in [0.2, 0.25) is 0 Å². The lowest BCUT2D eigenvalue weighted by Gasteiger charge is -2.37. The predicted octanol–water partition coefficient (Wildman–Crippen LogP) is 0.582.